The van der Waals surface area contributed by atoms with Gasteiger partial charge in [-0.1, -0.05) is 38.4 Å². The molecule has 0 amide bonds. The van der Waals surface area contributed by atoms with Gasteiger partial charge in [0, 0.05) is 35.9 Å². The molecule has 0 unspecified atom stereocenters. The van der Waals surface area contributed by atoms with Gasteiger partial charge in [0.2, 0.25) is 0 Å². The Hall–Kier alpha value is -0.730. The van der Waals surface area contributed by atoms with Crippen molar-refractivity contribution in [2.24, 2.45) is 5.41 Å². The highest BCUT2D eigenvalue weighted by Crippen LogP contribution is 2.36. The lowest BCUT2D eigenvalue weighted by Gasteiger charge is -2.25. The SMILES string of the molecule is CCNCc1c(Cl)cccc1N1CCC(C)(C)C1. The summed E-state index contributed by atoms with van der Waals surface area (Å²) in [4.78, 5) is 2.47. The predicted octanol–water partition coefficient (Wildman–Crippen LogP) is 3.69. The minimum absolute atomic E-state index is 0.414. The summed E-state index contributed by atoms with van der Waals surface area (Å²) in [5.41, 5.74) is 2.95. The van der Waals surface area contributed by atoms with Gasteiger partial charge >= 0.3 is 0 Å². The number of anilines is 1. The fourth-order valence-electron chi connectivity index (χ4n) is 2.59. The van der Waals surface area contributed by atoms with E-state index in [0.29, 0.717) is 5.41 Å². The van der Waals surface area contributed by atoms with Gasteiger partial charge in [0.1, 0.15) is 0 Å². The van der Waals surface area contributed by atoms with Crippen molar-refractivity contribution in [1.82, 2.24) is 5.32 Å². The molecule has 1 aromatic rings. The van der Waals surface area contributed by atoms with Crippen LogP contribution in [0.15, 0.2) is 18.2 Å². The van der Waals surface area contributed by atoms with Gasteiger partial charge in [-0.15, -0.1) is 0 Å². The normalized spacial score (nSPS) is 18.3. The molecule has 0 aliphatic carbocycles. The van der Waals surface area contributed by atoms with Crippen LogP contribution < -0.4 is 10.2 Å². The van der Waals surface area contributed by atoms with E-state index in [9.17, 15) is 0 Å². The monoisotopic (exact) mass is 266 g/mol. The number of benzene rings is 1. The van der Waals surface area contributed by atoms with Crippen LogP contribution >= 0.6 is 11.6 Å². The Labute approximate surface area is 115 Å². The molecule has 1 N–H and O–H groups in total. The summed E-state index contributed by atoms with van der Waals surface area (Å²) in [6, 6.07) is 6.23. The van der Waals surface area contributed by atoms with E-state index in [1.807, 2.05) is 6.07 Å². The highest BCUT2D eigenvalue weighted by molar-refractivity contribution is 6.31. The lowest BCUT2D eigenvalue weighted by Crippen LogP contribution is -2.25. The summed E-state index contributed by atoms with van der Waals surface area (Å²) in [5, 5.41) is 4.25. The van der Waals surface area contributed by atoms with Gasteiger partial charge in [-0.25, -0.2) is 0 Å². The Balaban J connectivity index is 2.24. The molecule has 3 heteroatoms. The molecule has 0 aromatic heterocycles. The third kappa shape index (κ3) is 2.99. The molecule has 0 atom stereocenters. The zero-order chi connectivity index (χ0) is 13.2. The van der Waals surface area contributed by atoms with Gasteiger partial charge in [-0.2, -0.15) is 0 Å². The van der Waals surface area contributed by atoms with Crippen LogP contribution in [0.4, 0.5) is 5.69 Å². The third-order valence-corrected chi connectivity index (χ3v) is 4.02. The molecule has 0 radical (unpaired) electrons. The van der Waals surface area contributed by atoms with Gasteiger partial charge in [0.05, 0.1) is 0 Å². The fourth-order valence-corrected chi connectivity index (χ4v) is 2.82. The first-order valence-electron chi connectivity index (χ1n) is 6.76. The summed E-state index contributed by atoms with van der Waals surface area (Å²) >= 11 is 6.35. The minimum atomic E-state index is 0.414. The largest absolute Gasteiger partial charge is 0.371 e. The molecule has 0 saturated carbocycles. The summed E-state index contributed by atoms with van der Waals surface area (Å²) < 4.78 is 0. The second kappa shape index (κ2) is 5.50. The lowest BCUT2D eigenvalue weighted by atomic mass is 9.93. The second-order valence-corrected chi connectivity index (χ2v) is 6.26. The Morgan fingerprint density at radius 2 is 2.17 bits per heavy atom. The van der Waals surface area contributed by atoms with E-state index in [-0.39, 0.29) is 0 Å². The molecule has 2 rings (SSSR count). The summed E-state index contributed by atoms with van der Waals surface area (Å²) in [6.07, 6.45) is 1.25. The second-order valence-electron chi connectivity index (χ2n) is 5.85. The Morgan fingerprint density at radius 1 is 1.39 bits per heavy atom. The molecular formula is C15H23ClN2. The number of nitrogens with zero attached hydrogens (tertiary/aromatic N) is 1. The number of hydrogen-bond donors (Lipinski definition) is 1. The molecule has 0 bridgehead atoms. The molecule has 18 heavy (non-hydrogen) atoms. The highest BCUT2D eigenvalue weighted by atomic mass is 35.5. The zero-order valence-electron chi connectivity index (χ0n) is 11.6. The van der Waals surface area contributed by atoms with Gasteiger partial charge < -0.3 is 10.2 Å². The van der Waals surface area contributed by atoms with E-state index in [1.54, 1.807) is 0 Å². The van der Waals surface area contributed by atoms with E-state index >= 15 is 0 Å². The standard InChI is InChI=1S/C15H23ClN2/c1-4-17-10-12-13(16)6-5-7-14(12)18-9-8-15(2,3)11-18/h5-7,17H,4,8-11H2,1-3H3. The van der Waals surface area contributed by atoms with E-state index < -0.39 is 0 Å². The number of halogens is 1. The molecule has 1 heterocycles. The quantitative estimate of drug-likeness (QED) is 0.894. The summed E-state index contributed by atoms with van der Waals surface area (Å²) in [7, 11) is 0. The van der Waals surface area contributed by atoms with E-state index in [2.05, 4.69) is 43.1 Å². The first-order valence-corrected chi connectivity index (χ1v) is 7.14. The maximum Gasteiger partial charge on any atom is 0.0471 e. The van der Waals surface area contributed by atoms with E-state index in [0.717, 1.165) is 31.2 Å². The van der Waals surface area contributed by atoms with Crippen LogP contribution in [0.2, 0.25) is 5.02 Å². The van der Waals surface area contributed by atoms with Crippen LogP contribution in [0, 0.1) is 5.41 Å². The van der Waals surface area contributed by atoms with Crippen LogP contribution in [0.25, 0.3) is 0 Å². The van der Waals surface area contributed by atoms with E-state index in [4.69, 9.17) is 11.6 Å². The number of rotatable bonds is 4. The van der Waals surface area contributed by atoms with Crippen molar-refractivity contribution in [3.05, 3.63) is 28.8 Å². The molecule has 100 valence electrons. The summed E-state index contributed by atoms with van der Waals surface area (Å²) in [5.74, 6) is 0. The topological polar surface area (TPSA) is 15.3 Å². The van der Waals surface area contributed by atoms with Crippen molar-refractivity contribution < 1.29 is 0 Å². The predicted molar refractivity (Wildman–Crippen MR) is 79.4 cm³/mol. The Bertz CT molecular complexity index is 415. The average Bonchev–Trinajstić information content (AvgIpc) is 2.68. The Kier molecular flexibility index (Phi) is 4.18. The highest BCUT2D eigenvalue weighted by Gasteiger charge is 2.30. The Morgan fingerprint density at radius 3 is 2.78 bits per heavy atom. The molecule has 1 aromatic carbocycles. The van der Waals surface area contributed by atoms with Gasteiger partial charge in [-0.3, -0.25) is 0 Å². The minimum Gasteiger partial charge on any atom is -0.371 e. The van der Waals surface area contributed by atoms with Crippen LogP contribution in [-0.4, -0.2) is 19.6 Å². The van der Waals surface area contributed by atoms with Crippen molar-refractivity contribution in [3.63, 3.8) is 0 Å². The fraction of sp³-hybridized carbons (Fsp3) is 0.600. The maximum absolute atomic E-state index is 6.35. The van der Waals surface area contributed by atoms with Crippen molar-refractivity contribution in [2.45, 2.75) is 33.7 Å². The van der Waals surface area contributed by atoms with Crippen molar-refractivity contribution in [2.75, 3.05) is 24.5 Å². The van der Waals surface area contributed by atoms with Crippen molar-refractivity contribution >= 4 is 17.3 Å². The molecule has 1 saturated heterocycles. The lowest BCUT2D eigenvalue weighted by molar-refractivity contribution is 0.418. The van der Waals surface area contributed by atoms with Gasteiger partial charge in [0.25, 0.3) is 0 Å². The molecule has 2 nitrogen and oxygen atoms in total. The zero-order valence-corrected chi connectivity index (χ0v) is 12.3. The maximum atomic E-state index is 6.35. The third-order valence-electron chi connectivity index (χ3n) is 3.66. The van der Waals surface area contributed by atoms with Crippen molar-refractivity contribution in [3.8, 4) is 0 Å². The van der Waals surface area contributed by atoms with Gasteiger partial charge in [-0.05, 0) is 30.5 Å². The summed E-state index contributed by atoms with van der Waals surface area (Å²) in [6.45, 7) is 10.9. The first-order chi connectivity index (χ1) is 8.53. The van der Waals surface area contributed by atoms with Crippen LogP contribution in [-0.2, 0) is 6.54 Å². The molecule has 1 aliphatic heterocycles. The molecular weight excluding hydrogens is 244 g/mol. The van der Waals surface area contributed by atoms with Crippen LogP contribution in [0.5, 0.6) is 0 Å². The number of hydrogen-bond acceptors (Lipinski definition) is 2. The van der Waals surface area contributed by atoms with E-state index in [1.165, 1.54) is 17.7 Å². The van der Waals surface area contributed by atoms with Gasteiger partial charge in [0.15, 0.2) is 0 Å². The van der Waals surface area contributed by atoms with Crippen molar-refractivity contribution in [1.29, 1.82) is 0 Å². The average molecular weight is 267 g/mol. The molecule has 0 spiro atoms. The van der Waals surface area contributed by atoms with Crippen LogP contribution in [0.1, 0.15) is 32.8 Å². The molecule has 1 fully saturated rings. The molecule has 1 aliphatic rings. The van der Waals surface area contributed by atoms with Crippen LogP contribution in [0.3, 0.4) is 0 Å². The number of nitrogens with one attached hydrogen (secondary N) is 1. The smallest absolute Gasteiger partial charge is 0.0471 e. The first kappa shape index (κ1) is 13.7.